The predicted molar refractivity (Wildman–Crippen MR) is 150 cm³/mol. The first kappa shape index (κ1) is 27.6. The molecule has 0 unspecified atom stereocenters. The molecule has 2 fully saturated rings. The molecule has 3 aromatic rings. The fourth-order valence-electron chi connectivity index (χ4n) is 5.27. The van der Waals surface area contributed by atoms with E-state index in [0.29, 0.717) is 52.8 Å². The molecule has 2 aliphatic heterocycles. The maximum Gasteiger partial charge on any atom is 0.320 e. The highest BCUT2D eigenvalue weighted by Crippen LogP contribution is 2.35. The number of halogens is 2. The number of fused-ring (bicyclic) bond motifs is 1. The van der Waals surface area contributed by atoms with Gasteiger partial charge in [0.1, 0.15) is 0 Å². The Balaban J connectivity index is 1.39. The summed E-state index contributed by atoms with van der Waals surface area (Å²) >= 11 is 12.5. The van der Waals surface area contributed by atoms with Gasteiger partial charge in [0.2, 0.25) is 10.0 Å². The number of aromatic nitrogens is 2. The van der Waals surface area contributed by atoms with Crippen LogP contribution in [0.25, 0.3) is 11.0 Å². The number of sulfonamides is 1. The van der Waals surface area contributed by atoms with E-state index in [1.54, 1.807) is 64.5 Å². The lowest BCUT2D eigenvalue weighted by molar-refractivity contribution is 0.0723. The minimum atomic E-state index is -3.31. The number of rotatable bonds is 4. The van der Waals surface area contributed by atoms with Crippen LogP contribution in [-0.4, -0.2) is 108 Å². The molecule has 2 aromatic carbocycles. The highest BCUT2D eigenvalue weighted by molar-refractivity contribution is 7.88. The van der Waals surface area contributed by atoms with Crippen molar-refractivity contribution < 1.29 is 18.0 Å². The second-order valence-electron chi connectivity index (χ2n) is 9.86. The number of urea groups is 1. The largest absolute Gasteiger partial charge is 0.336 e. The van der Waals surface area contributed by atoms with Gasteiger partial charge in [-0.15, -0.1) is 0 Å². The molecule has 0 spiro atoms. The summed E-state index contributed by atoms with van der Waals surface area (Å²) in [6.45, 7) is 1.79. The predicted octanol–water partition coefficient (Wildman–Crippen LogP) is 3.17. The van der Waals surface area contributed by atoms with Crippen molar-refractivity contribution >= 4 is 56.2 Å². The number of piperazine rings is 1. The van der Waals surface area contributed by atoms with Crippen LogP contribution >= 0.6 is 23.2 Å². The molecule has 0 bridgehead atoms. The Morgan fingerprint density at radius 1 is 0.897 bits per heavy atom. The second-order valence-corrected chi connectivity index (χ2v) is 12.7. The van der Waals surface area contributed by atoms with E-state index in [1.807, 2.05) is 6.07 Å². The maximum atomic E-state index is 13.6. The molecule has 13 heteroatoms. The number of amides is 3. The number of likely N-dealkylation sites (tertiary alicyclic amines) is 1. The smallest absolute Gasteiger partial charge is 0.320 e. The van der Waals surface area contributed by atoms with Gasteiger partial charge in [-0.2, -0.15) is 4.31 Å². The van der Waals surface area contributed by atoms with E-state index >= 15 is 0 Å². The lowest BCUT2D eigenvalue weighted by Crippen LogP contribution is -2.53. The number of nitrogens with zero attached hydrogens (tertiary/aromatic N) is 6. The second kappa shape index (κ2) is 10.9. The highest BCUT2D eigenvalue weighted by atomic mass is 35.5. The average Bonchev–Trinajstić information content (AvgIpc) is 3.38. The van der Waals surface area contributed by atoms with E-state index in [-0.39, 0.29) is 37.0 Å². The highest BCUT2D eigenvalue weighted by Gasteiger charge is 2.42. The molecule has 0 radical (unpaired) electrons. The van der Waals surface area contributed by atoms with E-state index < -0.39 is 10.0 Å². The molecule has 2 atom stereocenters. The quantitative estimate of drug-likeness (QED) is 0.462. The van der Waals surface area contributed by atoms with Crippen molar-refractivity contribution in [3.63, 3.8) is 0 Å². The van der Waals surface area contributed by atoms with Gasteiger partial charge in [-0.25, -0.2) is 13.2 Å². The van der Waals surface area contributed by atoms with Crippen LogP contribution in [0.2, 0.25) is 10.0 Å². The molecule has 5 rings (SSSR count). The molecule has 0 N–H and O–H groups in total. The first-order valence-electron chi connectivity index (χ1n) is 12.4. The third-order valence-corrected chi connectivity index (χ3v) is 9.49. The van der Waals surface area contributed by atoms with Gasteiger partial charge >= 0.3 is 6.03 Å². The number of hydrogen-bond donors (Lipinski definition) is 0. The maximum absolute atomic E-state index is 13.6. The minimum absolute atomic E-state index is 0.183. The van der Waals surface area contributed by atoms with Gasteiger partial charge in [-0.1, -0.05) is 29.3 Å². The Bertz CT molecular complexity index is 1530. The van der Waals surface area contributed by atoms with Crippen molar-refractivity contribution in [2.75, 3.05) is 52.6 Å². The molecule has 2 aliphatic rings. The van der Waals surface area contributed by atoms with Gasteiger partial charge in [-0.3, -0.25) is 14.8 Å². The summed E-state index contributed by atoms with van der Waals surface area (Å²) in [5.74, 6) is -0.413. The zero-order valence-electron chi connectivity index (χ0n) is 21.5. The molecule has 1 aromatic heterocycles. The van der Waals surface area contributed by atoms with E-state index in [4.69, 9.17) is 23.2 Å². The summed E-state index contributed by atoms with van der Waals surface area (Å²) in [4.78, 5) is 40.8. The summed E-state index contributed by atoms with van der Waals surface area (Å²) in [6.07, 6.45) is 4.35. The molecule has 206 valence electrons. The third-order valence-electron chi connectivity index (χ3n) is 7.44. The van der Waals surface area contributed by atoms with Crippen molar-refractivity contribution in [3.8, 4) is 0 Å². The van der Waals surface area contributed by atoms with E-state index in [9.17, 15) is 18.0 Å². The van der Waals surface area contributed by atoms with Gasteiger partial charge in [0.25, 0.3) is 5.91 Å². The fraction of sp³-hybridized carbons (Fsp3) is 0.385. The van der Waals surface area contributed by atoms with Gasteiger partial charge in [-0.05, 0) is 35.9 Å². The van der Waals surface area contributed by atoms with Crippen molar-refractivity contribution in [2.24, 2.45) is 0 Å². The van der Waals surface area contributed by atoms with Crippen molar-refractivity contribution in [1.29, 1.82) is 0 Å². The van der Waals surface area contributed by atoms with Crippen LogP contribution in [0.5, 0.6) is 0 Å². The van der Waals surface area contributed by atoms with Crippen molar-refractivity contribution in [2.45, 2.75) is 12.0 Å². The molecule has 3 amide bonds. The lowest BCUT2D eigenvalue weighted by atomic mass is 9.93. The number of hydrogen-bond acceptors (Lipinski definition) is 6. The van der Waals surface area contributed by atoms with Crippen LogP contribution in [0.3, 0.4) is 0 Å². The summed E-state index contributed by atoms with van der Waals surface area (Å²) in [5.41, 5.74) is 2.66. The summed E-state index contributed by atoms with van der Waals surface area (Å²) in [6, 6.07) is 10.1. The Hall–Kier alpha value is -2.99. The van der Waals surface area contributed by atoms with Crippen LogP contribution in [-0.2, 0) is 10.0 Å². The first-order chi connectivity index (χ1) is 18.5. The third kappa shape index (κ3) is 5.67. The summed E-state index contributed by atoms with van der Waals surface area (Å²) in [7, 11) is -1.58. The standard InChI is InChI=1S/C26H28Cl2N6O4S/c1-31(25(35)18-4-6-22-23(14-18)30-8-7-29-22)24-16-33(15-19(24)17-3-5-20(27)21(28)13-17)26(36)32-9-11-34(12-10-32)39(2,37)38/h3-8,13-14,19,24H,9-12,15-16H2,1-2H3/t19-,24+/m0/s1. The Labute approximate surface area is 237 Å². The summed E-state index contributed by atoms with van der Waals surface area (Å²) < 4.78 is 25.2. The van der Waals surface area contributed by atoms with E-state index in [2.05, 4.69) is 9.97 Å². The van der Waals surface area contributed by atoms with Crippen molar-refractivity contribution in [1.82, 2.24) is 29.0 Å². The van der Waals surface area contributed by atoms with Crippen LogP contribution < -0.4 is 0 Å². The Morgan fingerprint density at radius 2 is 1.59 bits per heavy atom. The monoisotopic (exact) mass is 590 g/mol. The number of carbonyl (C=O) groups is 2. The van der Waals surface area contributed by atoms with Crippen LogP contribution in [0.4, 0.5) is 4.79 Å². The first-order valence-corrected chi connectivity index (χ1v) is 15.0. The number of likely N-dealkylation sites (N-methyl/N-ethyl adjacent to an activating group) is 1. The van der Waals surface area contributed by atoms with E-state index in [1.165, 1.54) is 10.6 Å². The SMILES string of the molecule is CN(C(=O)c1ccc2nccnc2c1)[C@@H]1CN(C(=O)N2CCN(S(C)(=O)=O)CC2)C[C@H]1c1ccc(Cl)c(Cl)c1. The fourth-order valence-corrected chi connectivity index (χ4v) is 6.40. The van der Waals surface area contributed by atoms with Gasteiger partial charge in [0.15, 0.2) is 0 Å². The molecule has 10 nitrogen and oxygen atoms in total. The van der Waals surface area contributed by atoms with Gasteiger partial charge in [0, 0.05) is 70.2 Å². The average molecular weight is 592 g/mol. The zero-order chi connectivity index (χ0) is 27.9. The molecule has 0 aliphatic carbocycles. The molecule has 0 saturated carbocycles. The molecule has 39 heavy (non-hydrogen) atoms. The zero-order valence-corrected chi connectivity index (χ0v) is 23.8. The normalized spacial score (nSPS) is 20.4. The molecule has 2 saturated heterocycles. The van der Waals surface area contributed by atoms with E-state index in [0.717, 1.165) is 5.56 Å². The van der Waals surface area contributed by atoms with Crippen molar-refractivity contribution in [3.05, 3.63) is 70.0 Å². The number of benzene rings is 2. The van der Waals surface area contributed by atoms with Gasteiger partial charge < -0.3 is 14.7 Å². The van der Waals surface area contributed by atoms with Gasteiger partial charge in [0.05, 0.1) is 33.4 Å². The lowest BCUT2D eigenvalue weighted by Gasteiger charge is -2.35. The molecule has 3 heterocycles. The van der Waals surface area contributed by atoms with Crippen LogP contribution in [0, 0.1) is 0 Å². The minimum Gasteiger partial charge on any atom is -0.336 e. The summed E-state index contributed by atoms with van der Waals surface area (Å²) in [5, 5.41) is 0.824. The Morgan fingerprint density at radius 3 is 2.26 bits per heavy atom. The Kier molecular flexibility index (Phi) is 7.69. The van der Waals surface area contributed by atoms with Crippen LogP contribution in [0.1, 0.15) is 21.8 Å². The molecular formula is C26H28Cl2N6O4S. The van der Waals surface area contributed by atoms with Crippen LogP contribution in [0.15, 0.2) is 48.8 Å². The molecular weight excluding hydrogens is 563 g/mol. The number of carbonyl (C=O) groups excluding carboxylic acids is 2. The topological polar surface area (TPSA) is 107 Å².